The molecule has 4 rings (SSSR count). The largest absolute Gasteiger partial charge is 0.502 e. The van der Waals surface area contributed by atoms with Crippen LogP contribution in [0.15, 0.2) is 71.5 Å². The second-order valence-electron chi connectivity index (χ2n) is 7.04. The van der Waals surface area contributed by atoms with Crippen molar-refractivity contribution in [1.29, 1.82) is 0 Å². The van der Waals surface area contributed by atoms with Crippen LogP contribution in [0.3, 0.4) is 0 Å². The van der Waals surface area contributed by atoms with E-state index in [2.05, 4.69) is 5.32 Å². The number of aromatic nitrogens is 1. The van der Waals surface area contributed by atoms with E-state index in [1.54, 1.807) is 31.3 Å². The number of para-hydroxylation sites is 1. The van der Waals surface area contributed by atoms with E-state index in [4.69, 9.17) is 4.74 Å². The predicted molar refractivity (Wildman–Crippen MR) is 117 cm³/mol. The van der Waals surface area contributed by atoms with Crippen molar-refractivity contribution in [2.24, 2.45) is 7.05 Å². The highest BCUT2D eigenvalue weighted by Gasteiger charge is 2.20. The summed E-state index contributed by atoms with van der Waals surface area (Å²) in [6.45, 7) is 0.782. The first-order valence-electron chi connectivity index (χ1n) is 9.77. The van der Waals surface area contributed by atoms with Crippen LogP contribution >= 0.6 is 0 Å². The number of hydrogen-bond donors (Lipinski definition) is 2. The molecule has 4 aromatic rings. The van der Waals surface area contributed by atoms with E-state index in [-0.39, 0.29) is 5.56 Å². The highest BCUT2D eigenvalue weighted by atomic mass is 16.5. The molecule has 0 aliphatic heterocycles. The molecule has 0 aliphatic rings. The third-order valence-corrected chi connectivity index (χ3v) is 5.12. The van der Waals surface area contributed by atoms with Crippen molar-refractivity contribution in [1.82, 2.24) is 9.88 Å². The number of ether oxygens (including phenoxy) is 1. The van der Waals surface area contributed by atoms with E-state index in [1.807, 2.05) is 42.5 Å². The van der Waals surface area contributed by atoms with Gasteiger partial charge >= 0.3 is 0 Å². The van der Waals surface area contributed by atoms with E-state index >= 15 is 0 Å². The van der Waals surface area contributed by atoms with E-state index in [1.165, 1.54) is 4.57 Å². The van der Waals surface area contributed by atoms with E-state index < -0.39 is 17.2 Å². The highest BCUT2D eigenvalue weighted by molar-refractivity contribution is 6.08. The Hall–Kier alpha value is -3.80. The minimum atomic E-state index is -0.599. The Morgan fingerprint density at radius 3 is 2.53 bits per heavy atom. The van der Waals surface area contributed by atoms with Gasteiger partial charge in [-0.1, -0.05) is 54.6 Å². The number of carbonyl (C=O) groups excluding carboxylic acids is 1. The molecule has 0 saturated carbocycles. The molecule has 30 heavy (non-hydrogen) atoms. The fourth-order valence-electron chi connectivity index (χ4n) is 3.58. The molecule has 152 valence electrons. The average Bonchev–Trinajstić information content (AvgIpc) is 2.77. The van der Waals surface area contributed by atoms with Crippen molar-refractivity contribution in [3.05, 3.63) is 82.6 Å². The molecule has 3 aromatic carbocycles. The molecule has 0 unspecified atom stereocenters. The maximum atomic E-state index is 12.7. The average molecular weight is 402 g/mol. The molecule has 0 spiro atoms. The number of hydrogen-bond acceptors (Lipinski definition) is 4. The highest BCUT2D eigenvalue weighted by Crippen LogP contribution is 2.25. The summed E-state index contributed by atoms with van der Waals surface area (Å²) in [4.78, 5) is 25.0. The maximum Gasteiger partial charge on any atom is 0.293 e. The van der Waals surface area contributed by atoms with Crippen LogP contribution in [0, 0.1) is 0 Å². The lowest BCUT2D eigenvalue weighted by molar-refractivity contribution is 0.0950. The van der Waals surface area contributed by atoms with Crippen LogP contribution in [0.4, 0.5) is 0 Å². The second-order valence-corrected chi connectivity index (χ2v) is 7.04. The van der Waals surface area contributed by atoms with E-state index in [0.717, 1.165) is 16.5 Å². The van der Waals surface area contributed by atoms with Gasteiger partial charge in [0.1, 0.15) is 5.75 Å². The predicted octanol–water partition coefficient (Wildman–Crippen LogP) is 3.60. The summed E-state index contributed by atoms with van der Waals surface area (Å²) in [5, 5.41) is 15.7. The lowest BCUT2D eigenvalue weighted by atomic mass is 10.1. The van der Waals surface area contributed by atoms with Crippen LogP contribution in [0.1, 0.15) is 16.8 Å². The van der Waals surface area contributed by atoms with Crippen LogP contribution in [0.25, 0.3) is 21.7 Å². The zero-order valence-corrected chi connectivity index (χ0v) is 16.6. The Morgan fingerprint density at radius 2 is 1.70 bits per heavy atom. The maximum absolute atomic E-state index is 12.7. The molecule has 6 nitrogen and oxygen atoms in total. The van der Waals surface area contributed by atoms with E-state index in [9.17, 15) is 14.7 Å². The third-order valence-electron chi connectivity index (χ3n) is 5.12. The normalized spacial score (nSPS) is 11.0. The minimum absolute atomic E-state index is 0.00340. The number of nitrogens with one attached hydrogen (secondary N) is 1. The summed E-state index contributed by atoms with van der Waals surface area (Å²) in [6.07, 6.45) is 0.582. The number of benzene rings is 3. The molecule has 0 saturated heterocycles. The van der Waals surface area contributed by atoms with Crippen molar-refractivity contribution in [3.8, 4) is 11.5 Å². The minimum Gasteiger partial charge on any atom is -0.502 e. The molecule has 1 aromatic heterocycles. The zero-order chi connectivity index (χ0) is 21.1. The number of aryl methyl sites for hydroxylation is 1. The van der Waals surface area contributed by atoms with Gasteiger partial charge in [-0.25, -0.2) is 0 Å². The lowest BCUT2D eigenvalue weighted by Crippen LogP contribution is -2.28. The van der Waals surface area contributed by atoms with Gasteiger partial charge < -0.3 is 19.7 Å². The topological polar surface area (TPSA) is 80.6 Å². The Kier molecular flexibility index (Phi) is 5.39. The van der Waals surface area contributed by atoms with Crippen LogP contribution in [-0.2, 0) is 7.05 Å². The number of rotatable bonds is 6. The smallest absolute Gasteiger partial charge is 0.293 e. The van der Waals surface area contributed by atoms with Gasteiger partial charge in [0.05, 0.1) is 17.7 Å². The number of carbonyl (C=O) groups is 1. The van der Waals surface area contributed by atoms with Gasteiger partial charge in [0, 0.05) is 24.4 Å². The monoisotopic (exact) mass is 402 g/mol. The van der Waals surface area contributed by atoms with Gasteiger partial charge in [0.15, 0.2) is 5.75 Å². The fraction of sp³-hybridized carbons (Fsp3) is 0.167. The van der Waals surface area contributed by atoms with Crippen molar-refractivity contribution >= 4 is 27.6 Å². The number of amides is 1. The first-order chi connectivity index (χ1) is 14.6. The van der Waals surface area contributed by atoms with Crippen LogP contribution in [0.5, 0.6) is 11.5 Å². The van der Waals surface area contributed by atoms with Crippen molar-refractivity contribution in [2.75, 3.05) is 13.2 Å². The molecule has 0 aliphatic carbocycles. The second kappa shape index (κ2) is 8.29. The Balaban J connectivity index is 1.42. The van der Waals surface area contributed by atoms with Crippen LogP contribution < -0.4 is 15.6 Å². The molecule has 1 heterocycles. The van der Waals surface area contributed by atoms with Gasteiger partial charge in [0.2, 0.25) is 0 Å². The molecule has 1 amide bonds. The first kappa shape index (κ1) is 19.5. The van der Waals surface area contributed by atoms with Gasteiger partial charge in [-0.05, 0) is 23.9 Å². The molecule has 2 N–H and O–H groups in total. The number of nitrogens with zero attached hydrogens (tertiary/aromatic N) is 1. The molecule has 0 fully saturated rings. The third kappa shape index (κ3) is 3.59. The van der Waals surface area contributed by atoms with Crippen molar-refractivity contribution in [3.63, 3.8) is 0 Å². The van der Waals surface area contributed by atoms with E-state index in [0.29, 0.717) is 30.5 Å². The molecular weight excluding hydrogens is 380 g/mol. The van der Waals surface area contributed by atoms with Crippen LogP contribution in [0.2, 0.25) is 0 Å². The van der Waals surface area contributed by atoms with Gasteiger partial charge in [-0.15, -0.1) is 0 Å². The quantitative estimate of drug-likeness (QED) is 0.483. The van der Waals surface area contributed by atoms with Crippen molar-refractivity contribution < 1.29 is 14.6 Å². The Bertz CT molecular complexity index is 1290. The molecule has 0 atom stereocenters. The van der Waals surface area contributed by atoms with Crippen LogP contribution in [-0.4, -0.2) is 28.7 Å². The van der Waals surface area contributed by atoms with Gasteiger partial charge in [-0.3, -0.25) is 9.59 Å². The summed E-state index contributed by atoms with van der Waals surface area (Å²) in [6, 6.07) is 20.9. The summed E-state index contributed by atoms with van der Waals surface area (Å²) in [7, 11) is 1.57. The summed E-state index contributed by atoms with van der Waals surface area (Å²) in [5.41, 5.74) is -0.00782. The van der Waals surface area contributed by atoms with Gasteiger partial charge in [0.25, 0.3) is 11.5 Å². The number of aromatic hydroxyl groups is 1. The molecular formula is C24H22N2O4. The zero-order valence-electron chi connectivity index (χ0n) is 16.6. The molecule has 0 bridgehead atoms. The summed E-state index contributed by atoms with van der Waals surface area (Å²) < 4.78 is 7.21. The summed E-state index contributed by atoms with van der Waals surface area (Å²) in [5.74, 6) is -0.220. The Morgan fingerprint density at radius 1 is 1.00 bits per heavy atom. The summed E-state index contributed by atoms with van der Waals surface area (Å²) >= 11 is 0. The number of pyridine rings is 1. The fourth-order valence-corrected chi connectivity index (χ4v) is 3.58. The molecule has 6 heteroatoms. The molecule has 0 radical (unpaired) electrons. The lowest BCUT2D eigenvalue weighted by Gasteiger charge is -2.13. The number of fused-ring (bicyclic) bond motifs is 2. The standard InChI is InChI=1S/C24H22N2O4/c1-26-19-12-5-4-11-18(19)21(22(27)24(26)29)23(28)25-14-7-15-30-20-13-6-9-16-8-2-3-10-17(16)20/h2-6,8-13,27H,7,14-15H2,1H3,(H,25,28). The van der Waals surface area contributed by atoms with Crippen molar-refractivity contribution in [2.45, 2.75) is 6.42 Å². The SMILES string of the molecule is Cn1c(=O)c(O)c(C(=O)NCCCOc2cccc3ccccc23)c2ccccc21. The first-order valence-corrected chi connectivity index (χ1v) is 9.77. The van der Waals surface area contributed by atoms with Gasteiger partial charge in [-0.2, -0.15) is 0 Å². The Labute approximate surface area is 173 Å².